The van der Waals surface area contributed by atoms with Gasteiger partial charge in [-0.05, 0) is 6.42 Å². The normalized spacial score (nSPS) is 10.2. The van der Waals surface area contributed by atoms with Crippen LogP contribution in [0.3, 0.4) is 0 Å². The van der Waals surface area contributed by atoms with Crippen molar-refractivity contribution in [3.05, 3.63) is 0 Å². The summed E-state index contributed by atoms with van der Waals surface area (Å²) in [6, 6.07) is 0. The monoisotopic (exact) mass is 139 g/mol. The van der Waals surface area contributed by atoms with Crippen molar-refractivity contribution in [2.45, 2.75) is 6.42 Å². The number of hydrogen-bond acceptors (Lipinski definition) is 3. The molecule has 0 saturated carbocycles. The summed E-state index contributed by atoms with van der Waals surface area (Å²) in [7, 11) is -2.75. The highest BCUT2D eigenvalue weighted by Gasteiger charge is 1.85. The van der Waals surface area contributed by atoms with Crippen molar-refractivity contribution < 1.29 is 17.7 Å². The zero-order valence-corrected chi connectivity index (χ0v) is 5.10. The summed E-state index contributed by atoms with van der Waals surface area (Å²) in [5.41, 5.74) is 0. The van der Waals surface area contributed by atoms with Crippen LogP contribution in [0, 0.1) is 0 Å². The molecular weight excluding hydrogens is 132 g/mol. The van der Waals surface area contributed by atoms with Crippen molar-refractivity contribution in [2.24, 2.45) is 0 Å². The molecule has 0 aromatic rings. The third-order valence-electron chi connectivity index (χ3n) is 0.485. The van der Waals surface area contributed by atoms with Crippen molar-refractivity contribution in [3.63, 3.8) is 0 Å². The highest BCUT2D eigenvalue weighted by molar-refractivity contribution is 7.67. The minimum Gasteiger partial charge on any atom is -0.272 e. The molecule has 0 aliphatic heterocycles. The Labute approximate surface area is 49.2 Å². The molecule has 0 aliphatic rings. The summed E-state index contributed by atoms with van der Waals surface area (Å²) in [6.07, 6.45) is 0.253. The van der Waals surface area contributed by atoms with Crippen molar-refractivity contribution >= 4 is 11.0 Å². The summed E-state index contributed by atoms with van der Waals surface area (Å²) in [6.45, 7) is -0.272. The molecule has 8 heavy (non-hydrogen) atoms. The van der Waals surface area contributed by atoms with Crippen molar-refractivity contribution in [1.29, 1.82) is 0 Å². The Hall–Kier alpha value is -0.130. The minimum absolute atomic E-state index is 0.0161. The van der Waals surface area contributed by atoms with Crippen molar-refractivity contribution in [2.75, 3.05) is 13.2 Å². The Morgan fingerprint density at radius 1 is 1.38 bits per heavy atom. The number of rotatable bonds is 4. The van der Waals surface area contributed by atoms with E-state index in [1.807, 2.05) is 0 Å². The molecule has 5 heteroatoms. The lowest BCUT2D eigenvalue weighted by Crippen LogP contribution is -1.93. The first kappa shape index (κ1) is 7.87. The Kier molecular flexibility index (Phi) is 4.93. The van der Waals surface area contributed by atoms with Gasteiger partial charge >= 0.3 is 0 Å². The second-order valence-corrected chi connectivity index (χ2v) is 1.82. The molecule has 0 N–H and O–H groups in total. The molecule has 0 saturated heterocycles. The molecule has 0 unspecified atom stereocenters. The lowest BCUT2D eigenvalue weighted by atomic mass is 10.5. The molecule has 1 radical (unpaired) electrons. The first-order valence-corrected chi connectivity index (χ1v) is 3.22. The van der Waals surface area contributed by atoms with Gasteiger partial charge in [-0.3, -0.25) is 4.18 Å². The summed E-state index contributed by atoms with van der Waals surface area (Å²) >= 11 is 0. The fraction of sp³-hybridized carbons (Fsp3) is 1.00. The fourth-order valence-electron chi connectivity index (χ4n) is 0.198. The van der Waals surface area contributed by atoms with E-state index in [1.165, 1.54) is 0 Å². The van der Waals surface area contributed by atoms with Gasteiger partial charge in [0.15, 0.2) is 0 Å². The van der Waals surface area contributed by atoms with E-state index >= 15 is 0 Å². The van der Waals surface area contributed by atoms with Crippen LogP contribution in [0.1, 0.15) is 6.42 Å². The molecular formula is C3H7O4S. The molecule has 0 rings (SSSR count). The third-order valence-corrected chi connectivity index (χ3v) is 0.879. The van der Waals surface area contributed by atoms with Crippen LogP contribution in [-0.2, 0) is 20.3 Å². The van der Waals surface area contributed by atoms with Crippen LogP contribution in [0.25, 0.3) is 0 Å². The largest absolute Gasteiger partial charge is 0.272 e. The fourth-order valence-corrected chi connectivity index (χ4v) is 0.476. The molecule has 0 atom stereocenters. The lowest BCUT2D eigenvalue weighted by molar-refractivity contribution is 0.169. The summed E-state index contributed by atoms with van der Waals surface area (Å²) in [5.74, 6) is 0. The maximum absolute atomic E-state index is 9.63. The van der Waals surface area contributed by atoms with E-state index < -0.39 is 11.0 Å². The van der Waals surface area contributed by atoms with Gasteiger partial charge < -0.3 is 0 Å². The molecule has 0 bridgehead atoms. The SMILES string of the molecule is [O]CCCO[SH](=O)=O. The second-order valence-electron chi connectivity index (χ2n) is 1.11. The summed E-state index contributed by atoms with van der Waals surface area (Å²) in [5, 5.41) is 9.63. The van der Waals surface area contributed by atoms with E-state index in [-0.39, 0.29) is 19.6 Å². The van der Waals surface area contributed by atoms with Crippen LogP contribution in [-0.4, -0.2) is 21.6 Å². The van der Waals surface area contributed by atoms with Gasteiger partial charge in [0.2, 0.25) is 0 Å². The van der Waals surface area contributed by atoms with E-state index in [0.29, 0.717) is 0 Å². The molecule has 0 fully saturated rings. The minimum atomic E-state index is -2.75. The van der Waals surface area contributed by atoms with E-state index in [4.69, 9.17) is 0 Å². The molecule has 0 heterocycles. The quantitative estimate of drug-likeness (QED) is 0.416. The van der Waals surface area contributed by atoms with E-state index in [9.17, 15) is 13.5 Å². The van der Waals surface area contributed by atoms with Gasteiger partial charge in [-0.15, -0.1) is 0 Å². The molecule has 4 nitrogen and oxygen atoms in total. The van der Waals surface area contributed by atoms with Crippen LogP contribution in [0.5, 0.6) is 0 Å². The molecule has 0 spiro atoms. The number of thiol groups is 1. The Balaban J connectivity index is 2.94. The summed E-state index contributed by atoms with van der Waals surface area (Å²) < 4.78 is 23.2. The van der Waals surface area contributed by atoms with Gasteiger partial charge in [-0.25, -0.2) is 13.5 Å². The number of hydrogen-bond donors (Lipinski definition) is 1. The molecule has 49 valence electrons. The predicted octanol–water partition coefficient (Wildman–Crippen LogP) is -0.650. The average molecular weight is 139 g/mol. The van der Waals surface area contributed by atoms with Crippen LogP contribution >= 0.6 is 0 Å². The third kappa shape index (κ3) is 5.87. The zero-order valence-electron chi connectivity index (χ0n) is 4.20. The Bertz CT molecular complexity index is 99.9. The van der Waals surface area contributed by atoms with Crippen LogP contribution < -0.4 is 0 Å². The summed E-state index contributed by atoms with van der Waals surface area (Å²) in [4.78, 5) is 0. The Morgan fingerprint density at radius 3 is 2.38 bits per heavy atom. The van der Waals surface area contributed by atoms with Crippen molar-refractivity contribution in [3.8, 4) is 0 Å². The predicted molar refractivity (Wildman–Crippen MR) is 26.4 cm³/mol. The van der Waals surface area contributed by atoms with Gasteiger partial charge in [0.05, 0.1) is 13.2 Å². The molecule has 0 amide bonds. The second kappa shape index (κ2) is 5.02. The standard InChI is InChI=1S/C3H7O4S/c4-2-1-3-7-8(5)6/h8H,1-3H2. The van der Waals surface area contributed by atoms with Crippen LogP contribution in [0.4, 0.5) is 0 Å². The Morgan fingerprint density at radius 2 is 2.00 bits per heavy atom. The van der Waals surface area contributed by atoms with Gasteiger partial charge in [0.1, 0.15) is 0 Å². The first-order chi connectivity index (χ1) is 3.77. The van der Waals surface area contributed by atoms with Gasteiger partial charge in [0, 0.05) is 0 Å². The lowest BCUT2D eigenvalue weighted by Gasteiger charge is -1.87. The molecule has 0 aromatic carbocycles. The van der Waals surface area contributed by atoms with Gasteiger partial charge in [0.25, 0.3) is 11.0 Å². The molecule has 0 aliphatic carbocycles. The maximum atomic E-state index is 9.63. The van der Waals surface area contributed by atoms with Crippen LogP contribution in [0.2, 0.25) is 0 Å². The van der Waals surface area contributed by atoms with Gasteiger partial charge in [-0.1, -0.05) is 0 Å². The first-order valence-electron chi connectivity index (χ1n) is 2.13. The van der Waals surface area contributed by atoms with E-state index in [0.717, 1.165) is 0 Å². The van der Waals surface area contributed by atoms with E-state index in [2.05, 4.69) is 4.18 Å². The van der Waals surface area contributed by atoms with Crippen molar-refractivity contribution in [1.82, 2.24) is 0 Å². The highest BCUT2D eigenvalue weighted by atomic mass is 32.2. The molecule has 0 aromatic heterocycles. The average Bonchev–Trinajstić information content (AvgIpc) is 1.66. The smallest absolute Gasteiger partial charge is 0.257 e. The van der Waals surface area contributed by atoms with Gasteiger partial charge in [-0.2, -0.15) is 0 Å². The zero-order chi connectivity index (χ0) is 6.41. The topological polar surface area (TPSA) is 63.3 Å². The maximum Gasteiger partial charge on any atom is 0.257 e. The van der Waals surface area contributed by atoms with Crippen LogP contribution in [0.15, 0.2) is 0 Å². The highest BCUT2D eigenvalue weighted by Crippen LogP contribution is 1.78. The van der Waals surface area contributed by atoms with E-state index in [1.54, 1.807) is 0 Å².